The van der Waals surface area contributed by atoms with Gasteiger partial charge in [-0.25, -0.2) is 12.8 Å². The number of aromatic amines is 1. The highest BCUT2D eigenvalue weighted by molar-refractivity contribution is 7.92. The van der Waals surface area contributed by atoms with Gasteiger partial charge in [0.25, 0.3) is 15.9 Å². The van der Waals surface area contributed by atoms with E-state index in [9.17, 15) is 17.6 Å². The maximum atomic E-state index is 13.0. The zero-order valence-electron chi connectivity index (χ0n) is 14.9. The molecule has 0 unspecified atom stereocenters. The first-order valence-electron chi connectivity index (χ1n) is 8.54. The van der Waals surface area contributed by atoms with Crippen LogP contribution in [-0.4, -0.2) is 24.5 Å². The zero-order chi connectivity index (χ0) is 20.4. The van der Waals surface area contributed by atoms with Crippen molar-refractivity contribution in [2.75, 3.05) is 10.0 Å². The number of benzene rings is 3. The predicted molar refractivity (Wildman–Crippen MR) is 108 cm³/mol. The van der Waals surface area contributed by atoms with Crippen molar-refractivity contribution >= 4 is 38.2 Å². The van der Waals surface area contributed by atoms with Crippen LogP contribution in [-0.2, 0) is 10.0 Å². The van der Waals surface area contributed by atoms with Crippen molar-refractivity contribution in [3.8, 4) is 0 Å². The van der Waals surface area contributed by atoms with Gasteiger partial charge in [-0.1, -0.05) is 0 Å². The van der Waals surface area contributed by atoms with Crippen LogP contribution in [0.1, 0.15) is 10.4 Å². The fraction of sp³-hybridized carbons (Fsp3) is 0. The molecule has 1 amide bonds. The van der Waals surface area contributed by atoms with E-state index in [0.29, 0.717) is 11.3 Å². The Morgan fingerprint density at radius 2 is 1.62 bits per heavy atom. The molecule has 4 rings (SSSR count). The van der Waals surface area contributed by atoms with Gasteiger partial charge < -0.3 is 5.32 Å². The highest BCUT2D eigenvalue weighted by Crippen LogP contribution is 2.19. The molecule has 3 aromatic carbocycles. The van der Waals surface area contributed by atoms with E-state index in [1.165, 1.54) is 36.4 Å². The number of fused-ring (bicyclic) bond motifs is 1. The number of sulfonamides is 1. The molecule has 29 heavy (non-hydrogen) atoms. The van der Waals surface area contributed by atoms with Gasteiger partial charge >= 0.3 is 0 Å². The molecule has 0 spiro atoms. The van der Waals surface area contributed by atoms with Gasteiger partial charge in [0.05, 0.1) is 16.6 Å². The summed E-state index contributed by atoms with van der Waals surface area (Å²) >= 11 is 0. The van der Waals surface area contributed by atoms with Crippen molar-refractivity contribution in [1.82, 2.24) is 10.2 Å². The summed E-state index contributed by atoms with van der Waals surface area (Å²) in [6, 6.07) is 15.8. The van der Waals surface area contributed by atoms with Gasteiger partial charge in [-0.15, -0.1) is 0 Å². The Balaban J connectivity index is 1.46. The van der Waals surface area contributed by atoms with E-state index in [0.717, 1.165) is 23.0 Å². The van der Waals surface area contributed by atoms with Crippen molar-refractivity contribution in [3.63, 3.8) is 0 Å². The molecular weight excluding hydrogens is 395 g/mol. The largest absolute Gasteiger partial charge is 0.322 e. The van der Waals surface area contributed by atoms with Gasteiger partial charge in [-0.05, 0) is 66.7 Å². The molecule has 9 heteroatoms. The van der Waals surface area contributed by atoms with Crippen LogP contribution >= 0.6 is 0 Å². The third-order valence-electron chi connectivity index (χ3n) is 4.22. The van der Waals surface area contributed by atoms with Crippen molar-refractivity contribution in [2.45, 2.75) is 4.90 Å². The quantitative estimate of drug-likeness (QED) is 0.466. The molecule has 0 bridgehead atoms. The molecule has 1 heterocycles. The molecule has 0 radical (unpaired) electrons. The minimum Gasteiger partial charge on any atom is -0.322 e. The number of halogens is 1. The monoisotopic (exact) mass is 410 g/mol. The van der Waals surface area contributed by atoms with Crippen LogP contribution in [0.15, 0.2) is 77.8 Å². The Kier molecular flexibility index (Phi) is 4.73. The number of hydrogen-bond donors (Lipinski definition) is 3. The van der Waals surface area contributed by atoms with Gasteiger partial charge in [-0.2, -0.15) is 5.10 Å². The van der Waals surface area contributed by atoms with Crippen molar-refractivity contribution in [2.24, 2.45) is 0 Å². The molecule has 0 saturated heterocycles. The predicted octanol–water partition coefficient (Wildman–Crippen LogP) is 3.76. The molecular formula is C20H15FN4O3S. The second-order valence-electron chi connectivity index (χ2n) is 6.26. The van der Waals surface area contributed by atoms with Gasteiger partial charge in [0, 0.05) is 22.3 Å². The Labute approximate surface area is 165 Å². The van der Waals surface area contributed by atoms with Crippen molar-refractivity contribution in [1.29, 1.82) is 0 Å². The molecule has 4 aromatic rings. The fourth-order valence-electron chi connectivity index (χ4n) is 2.74. The van der Waals surface area contributed by atoms with Gasteiger partial charge in [0.15, 0.2) is 0 Å². The first-order chi connectivity index (χ1) is 13.9. The Morgan fingerprint density at radius 1 is 0.931 bits per heavy atom. The number of nitrogens with zero attached hydrogens (tertiary/aromatic N) is 1. The molecule has 0 atom stereocenters. The summed E-state index contributed by atoms with van der Waals surface area (Å²) in [6.45, 7) is 0. The number of rotatable bonds is 5. The lowest BCUT2D eigenvalue weighted by Gasteiger charge is -2.09. The van der Waals surface area contributed by atoms with E-state index in [4.69, 9.17) is 0 Å². The summed E-state index contributed by atoms with van der Waals surface area (Å²) in [7, 11) is -3.85. The Bertz CT molecular complexity index is 1280. The van der Waals surface area contributed by atoms with Crippen LogP contribution in [0.4, 0.5) is 15.8 Å². The smallest absolute Gasteiger partial charge is 0.261 e. The van der Waals surface area contributed by atoms with E-state index in [1.807, 2.05) is 6.07 Å². The molecule has 0 saturated carbocycles. The topological polar surface area (TPSA) is 104 Å². The van der Waals surface area contributed by atoms with Crippen LogP contribution in [0.2, 0.25) is 0 Å². The maximum Gasteiger partial charge on any atom is 0.261 e. The summed E-state index contributed by atoms with van der Waals surface area (Å²) in [5, 5.41) is 10.4. The Morgan fingerprint density at radius 3 is 2.34 bits per heavy atom. The number of aromatic nitrogens is 2. The van der Waals surface area contributed by atoms with Crippen LogP contribution in [0, 0.1) is 5.82 Å². The molecule has 0 aliphatic rings. The zero-order valence-corrected chi connectivity index (χ0v) is 15.7. The number of anilines is 2. The first-order valence-corrected chi connectivity index (χ1v) is 10.0. The fourth-order valence-corrected chi connectivity index (χ4v) is 3.80. The first kappa shape index (κ1) is 18.6. The van der Waals surface area contributed by atoms with Crippen LogP contribution < -0.4 is 10.0 Å². The minimum atomic E-state index is -3.85. The van der Waals surface area contributed by atoms with E-state index < -0.39 is 15.8 Å². The maximum absolute atomic E-state index is 13.0. The van der Waals surface area contributed by atoms with Crippen molar-refractivity contribution in [3.05, 3.63) is 84.3 Å². The van der Waals surface area contributed by atoms with Crippen molar-refractivity contribution < 1.29 is 17.6 Å². The van der Waals surface area contributed by atoms with Gasteiger partial charge in [0.1, 0.15) is 5.82 Å². The normalized spacial score (nSPS) is 11.3. The average molecular weight is 410 g/mol. The molecule has 3 N–H and O–H groups in total. The highest BCUT2D eigenvalue weighted by atomic mass is 32.2. The summed E-state index contributed by atoms with van der Waals surface area (Å²) < 4.78 is 40.0. The summed E-state index contributed by atoms with van der Waals surface area (Å²) in [5.41, 5.74) is 2.12. The minimum absolute atomic E-state index is 0.0599. The van der Waals surface area contributed by atoms with Gasteiger partial charge in [0.2, 0.25) is 0 Å². The SMILES string of the molecule is O=C(Nc1ccc2[nH]ncc2c1)c1ccc(NS(=O)(=O)c2ccc(F)cc2)cc1. The van der Waals surface area contributed by atoms with Crippen LogP contribution in [0.25, 0.3) is 10.9 Å². The number of carbonyl (C=O) groups excluding carboxylic acids is 1. The van der Waals surface area contributed by atoms with E-state index in [-0.39, 0.29) is 16.5 Å². The van der Waals surface area contributed by atoms with Gasteiger partial charge in [-0.3, -0.25) is 14.6 Å². The highest BCUT2D eigenvalue weighted by Gasteiger charge is 2.15. The molecule has 0 aliphatic heterocycles. The second-order valence-corrected chi connectivity index (χ2v) is 7.95. The number of nitrogens with one attached hydrogen (secondary N) is 3. The molecule has 0 fully saturated rings. The molecule has 0 aliphatic carbocycles. The lowest BCUT2D eigenvalue weighted by atomic mass is 10.2. The number of amides is 1. The van der Waals surface area contributed by atoms with Crippen LogP contribution in [0.3, 0.4) is 0 Å². The number of H-pyrrole nitrogens is 1. The Hall–Kier alpha value is -3.72. The van der Waals surface area contributed by atoms with E-state index >= 15 is 0 Å². The summed E-state index contributed by atoms with van der Waals surface area (Å²) in [4.78, 5) is 12.4. The van der Waals surface area contributed by atoms with Crippen LogP contribution in [0.5, 0.6) is 0 Å². The van der Waals surface area contributed by atoms with E-state index in [1.54, 1.807) is 18.3 Å². The number of carbonyl (C=O) groups is 1. The molecule has 1 aromatic heterocycles. The standard InChI is InChI=1S/C20H15FN4O3S/c21-15-3-8-18(9-4-15)29(27,28)25-16-5-1-13(2-6-16)20(26)23-17-7-10-19-14(11-17)12-22-24-19/h1-12,25H,(H,22,24)(H,23,26). The third kappa shape index (κ3) is 4.09. The number of hydrogen-bond acceptors (Lipinski definition) is 4. The third-order valence-corrected chi connectivity index (χ3v) is 5.62. The molecule has 146 valence electrons. The second kappa shape index (κ2) is 7.36. The van der Waals surface area contributed by atoms with E-state index in [2.05, 4.69) is 20.2 Å². The summed E-state index contributed by atoms with van der Waals surface area (Å²) in [6.07, 6.45) is 1.66. The molecule has 7 nitrogen and oxygen atoms in total. The lowest BCUT2D eigenvalue weighted by Crippen LogP contribution is -2.14. The lowest BCUT2D eigenvalue weighted by molar-refractivity contribution is 0.102. The average Bonchev–Trinajstić information content (AvgIpc) is 3.16. The summed E-state index contributed by atoms with van der Waals surface area (Å²) in [5.74, 6) is -0.855.